The minimum absolute atomic E-state index is 0.469. The Morgan fingerprint density at radius 1 is 1.08 bits per heavy atom. The van der Waals surface area contributed by atoms with E-state index in [1.165, 1.54) is 25.8 Å². The largest absolute Gasteiger partial charge is 0.496 e. The minimum Gasteiger partial charge on any atom is -0.496 e. The van der Waals surface area contributed by atoms with Crippen LogP contribution in [0.25, 0.3) is 0 Å². The molecule has 0 saturated heterocycles. The van der Waals surface area contributed by atoms with Gasteiger partial charge in [-0.2, -0.15) is 0 Å². The summed E-state index contributed by atoms with van der Waals surface area (Å²) < 4.78 is 12.4. The highest BCUT2D eigenvalue weighted by Crippen LogP contribution is 2.36. The van der Waals surface area contributed by atoms with Crippen molar-refractivity contribution in [3.05, 3.63) is 56.2 Å². The zero-order valence-electron chi connectivity index (χ0n) is 14.5. The molecular weight excluding hydrogens is 413 g/mol. The second-order valence-electron chi connectivity index (χ2n) is 6.38. The first kappa shape index (κ1) is 17.5. The SMILES string of the molecule is COc1ccc(OC)c2c1CCC(NCc1cc(C)cc(I)c1)C2. The van der Waals surface area contributed by atoms with Gasteiger partial charge < -0.3 is 14.8 Å². The van der Waals surface area contributed by atoms with E-state index >= 15 is 0 Å². The van der Waals surface area contributed by atoms with E-state index in [1.54, 1.807) is 14.2 Å². The number of hydrogen-bond acceptors (Lipinski definition) is 3. The number of ether oxygens (including phenoxy) is 2. The van der Waals surface area contributed by atoms with Crippen LogP contribution in [0.4, 0.5) is 0 Å². The van der Waals surface area contributed by atoms with Crippen LogP contribution < -0.4 is 14.8 Å². The van der Waals surface area contributed by atoms with Crippen LogP contribution >= 0.6 is 22.6 Å². The van der Waals surface area contributed by atoms with Crippen molar-refractivity contribution in [1.82, 2.24) is 5.32 Å². The van der Waals surface area contributed by atoms with Crippen molar-refractivity contribution in [2.45, 2.75) is 38.8 Å². The molecule has 4 heteroatoms. The first-order valence-corrected chi connectivity index (χ1v) is 9.40. The van der Waals surface area contributed by atoms with Gasteiger partial charge in [-0.15, -0.1) is 0 Å². The average Bonchev–Trinajstić information content (AvgIpc) is 2.58. The number of rotatable bonds is 5. The standard InChI is InChI=1S/C20H24INO2/c1-13-8-14(10-15(21)9-13)12-22-16-4-5-17-18(11-16)20(24-3)7-6-19(17)23-2/h6-10,16,22H,4-5,11-12H2,1-3H3. The van der Waals surface area contributed by atoms with E-state index in [9.17, 15) is 0 Å². The number of methoxy groups -OCH3 is 2. The highest BCUT2D eigenvalue weighted by molar-refractivity contribution is 14.1. The molecule has 3 rings (SSSR count). The lowest BCUT2D eigenvalue weighted by Gasteiger charge is -2.28. The Balaban J connectivity index is 1.73. The van der Waals surface area contributed by atoms with Gasteiger partial charge in [0.2, 0.25) is 0 Å². The van der Waals surface area contributed by atoms with Crippen molar-refractivity contribution in [2.24, 2.45) is 0 Å². The third-order valence-corrected chi connectivity index (χ3v) is 5.30. The Kier molecular flexibility index (Phi) is 5.66. The summed E-state index contributed by atoms with van der Waals surface area (Å²) in [6.07, 6.45) is 3.14. The van der Waals surface area contributed by atoms with Gasteiger partial charge in [-0.25, -0.2) is 0 Å². The van der Waals surface area contributed by atoms with Gasteiger partial charge in [0.1, 0.15) is 11.5 Å². The van der Waals surface area contributed by atoms with Crippen molar-refractivity contribution in [2.75, 3.05) is 14.2 Å². The van der Waals surface area contributed by atoms with Gasteiger partial charge >= 0.3 is 0 Å². The Bertz CT molecular complexity index is 710. The maximum absolute atomic E-state index is 5.57. The number of hydrogen-bond donors (Lipinski definition) is 1. The quantitative estimate of drug-likeness (QED) is 0.710. The van der Waals surface area contributed by atoms with Crippen LogP contribution in [0.15, 0.2) is 30.3 Å². The molecule has 1 aliphatic carbocycles. The molecule has 1 unspecified atom stereocenters. The number of aryl methyl sites for hydroxylation is 1. The fourth-order valence-corrected chi connectivity index (χ4v) is 4.44. The van der Waals surface area contributed by atoms with E-state index in [1.807, 2.05) is 12.1 Å². The van der Waals surface area contributed by atoms with Gasteiger partial charge in [-0.05, 0) is 84.2 Å². The molecule has 128 valence electrons. The Morgan fingerprint density at radius 2 is 1.79 bits per heavy atom. The van der Waals surface area contributed by atoms with E-state index in [0.29, 0.717) is 6.04 Å². The topological polar surface area (TPSA) is 30.5 Å². The summed E-state index contributed by atoms with van der Waals surface area (Å²) in [5, 5.41) is 3.72. The van der Waals surface area contributed by atoms with Crippen molar-refractivity contribution >= 4 is 22.6 Å². The first-order valence-electron chi connectivity index (χ1n) is 8.33. The van der Waals surface area contributed by atoms with Gasteiger partial charge in [-0.1, -0.05) is 6.07 Å². The van der Waals surface area contributed by atoms with Crippen molar-refractivity contribution in [1.29, 1.82) is 0 Å². The van der Waals surface area contributed by atoms with E-state index in [4.69, 9.17) is 9.47 Å². The van der Waals surface area contributed by atoms with Crippen LogP contribution in [-0.4, -0.2) is 20.3 Å². The molecule has 0 bridgehead atoms. The molecule has 0 amide bonds. The van der Waals surface area contributed by atoms with Gasteiger partial charge in [0.05, 0.1) is 14.2 Å². The fraction of sp³-hybridized carbons (Fsp3) is 0.400. The molecule has 24 heavy (non-hydrogen) atoms. The maximum Gasteiger partial charge on any atom is 0.122 e. The van der Waals surface area contributed by atoms with Crippen LogP contribution in [-0.2, 0) is 19.4 Å². The lowest BCUT2D eigenvalue weighted by atomic mass is 9.87. The monoisotopic (exact) mass is 437 g/mol. The summed E-state index contributed by atoms with van der Waals surface area (Å²) in [5.74, 6) is 1.96. The molecule has 0 fully saturated rings. The molecule has 0 aliphatic heterocycles. The highest BCUT2D eigenvalue weighted by atomic mass is 127. The molecule has 3 nitrogen and oxygen atoms in total. The fourth-order valence-electron chi connectivity index (χ4n) is 3.55. The molecule has 0 spiro atoms. The molecule has 0 saturated carbocycles. The van der Waals surface area contributed by atoms with Crippen LogP contribution in [0.1, 0.15) is 28.7 Å². The second kappa shape index (κ2) is 7.74. The number of benzene rings is 2. The average molecular weight is 437 g/mol. The molecular formula is C20H24INO2. The Labute approximate surface area is 157 Å². The van der Waals surface area contributed by atoms with E-state index in [2.05, 4.69) is 53.0 Å². The number of fused-ring (bicyclic) bond motifs is 1. The van der Waals surface area contributed by atoms with Gasteiger partial charge in [-0.3, -0.25) is 0 Å². The van der Waals surface area contributed by atoms with Gasteiger partial charge in [0.15, 0.2) is 0 Å². The molecule has 2 aromatic rings. The summed E-state index contributed by atoms with van der Waals surface area (Å²) in [6, 6.07) is 11.2. The van der Waals surface area contributed by atoms with Crippen LogP contribution in [0, 0.1) is 10.5 Å². The van der Waals surface area contributed by atoms with E-state index in [0.717, 1.165) is 37.3 Å². The lowest BCUT2D eigenvalue weighted by molar-refractivity contribution is 0.376. The maximum atomic E-state index is 5.57. The Morgan fingerprint density at radius 3 is 2.46 bits per heavy atom. The van der Waals surface area contributed by atoms with Crippen LogP contribution in [0.3, 0.4) is 0 Å². The predicted octanol–water partition coefficient (Wildman–Crippen LogP) is 4.26. The summed E-state index contributed by atoms with van der Waals surface area (Å²) in [4.78, 5) is 0. The molecule has 1 aliphatic rings. The Hall–Kier alpha value is -1.27. The summed E-state index contributed by atoms with van der Waals surface area (Å²) in [5.41, 5.74) is 5.27. The van der Waals surface area contributed by atoms with Gasteiger partial charge in [0, 0.05) is 27.3 Å². The number of halogens is 1. The second-order valence-corrected chi connectivity index (χ2v) is 7.63. The van der Waals surface area contributed by atoms with Crippen molar-refractivity contribution < 1.29 is 9.47 Å². The molecule has 0 aromatic heterocycles. The van der Waals surface area contributed by atoms with Crippen molar-refractivity contribution in [3.8, 4) is 11.5 Å². The zero-order chi connectivity index (χ0) is 17.1. The van der Waals surface area contributed by atoms with Gasteiger partial charge in [0.25, 0.3) is 0 Å². The van der Waals surface area contributed by atoms with E-state index < -0.39 is 0 Å². The lowest BCUT2D eigenvalue weighted by Crippen LogP contribution is -2.34. The minimum atomic E-state index is 0.469. The smallest absolute Gasteiger partial charge is 0.122 e. The summed E-state index contributed by atoms with van der Waals surface area (Å²) >= 11 is 2.38. The molecule has 2 aromatic carbocycles. The highest BCUT2D eigenvalue weighted by Gasteiger charge is 2.24. The number of nitrogens with one attached hydrogen (secondary N) is 1. The summed E-state index contributed by atoms with van der Waals surface area (Å²) in [6.45, 7) is 3.06. The molecule has 0 heterocycles. The summed E-state index contributed by atoms with van der Waals surface area (Å²) in [7, 11) is 3.49. The predicted molar refractivity (Wildman–Crippen MR) is 106 cm³/mol. The normalized spacial score (nSPS) is 16.6. The van der Waals surface area contributed by atoms with Crippen LogP contribution in [0.2, 0.25) is 0 Å². The van der Waals surface area contributed by atoms with E-state index in [-0.39, 0.29) is 0 Å². The third-order valence-electron chi connectivity index (χ3n) is 4.68. The first-order chi connectivity index (χ1) is 11.6. The molecule has 1 N–H and O–H groups in total. The zero-order valence-corrected chi connectivity index (χ0v) is 16.6. The molecule has 1 atom stereocenters. The van der Waals surface area contributed by atoms with Crippen LogP contribution in [0.5, 0.6) is 11.5 Å². The van der Waals surface area contributed by atoms with Crippen molar-refractivity contribution in [3.63, 3.8) is 0 Å². The molecule has 0 radical (unpaired) electrons. The third kappa shape index (κ3) is 3.86.